The monoisotopic (exact) mass is 437 g/mol. The quantitative estimate of drug-likeness (QED) is 0.343. The van der Waals surface area contributed by atoms with Gasteiger partial charge in [-0.1, -0.05) is 23.2 Å². The third-order valence-electron chi connectivity index (χ3n) is 3.84. The highest BCUT2D eigenvalue weighted by atomic mass is 35.5. The summed E-state index contributed by atoms with van der Waals surface area (Å²) in [7, 11) is 0. The van der Waals surface area contributed by atoms with E-state index in [4.69, 9.17) is 27.6 Å². The molecule has 0 fully saturated rings. The molecule has 0 aliphatic rings. The summed E-state index contributed by atoms with van der Waals surface area (Å²) in [4.78, 5) is 22.4. The lowest BCUT2D eigenvalue weighted by Crippen LogP contribution is -2.16. The maximum absolute atomic E-state index is 12.1. The molecule has 3 aromatic rings. The van der Waals surface area contributed by atoms with Crippen molar-refractivity contribution < 1.29 is 19.2 Å². The topological polar surface area (TPSA) is 136 Å². The van der Waals surface area contributed by atoms with Crippen LogP contribution in [0, 0.1) is 17.0 Å². The normalized spacial score (nSPS) is 11.1. The Bertz CT molecular complexity index is 1120. The Labute approximate surface area is 173 Å². The second-order valence-electron chi connectivity index (χ2n) is 5.81. The first-order valence-electron chi connectivity index (χ1n) is 8.04. The third-order valence-corrected chi connectivity index (χ3v) is 4.52. The first kappa shape index (κ1) is 20.4. The molecular formula is C17H13Cl2N5O5. The van der Waals surface area contributed by atoms with Crippen LogP contribution in [-0.4, -0.2) is 31.9 Å². The standard InChI is InChI=1S/C17H13Cl2N5O5/c1-9-15(19)16(24(27)28)22-23(9)8-12-3-5-14(29-12)17(26)21-20-7-10-6-11(18)2-4-13(10)25/h2-7,25H,8H2,1H3,(H,21,26)/b20-7+. The van der Waals surface area contributed by atoms with Gasteiger partial charge in [-0.3, -0.25) is 4.79 Å². The van der Waals surface area contributed by atoms with E-state index in [1.807, 2.05) is 0 Å². The molecule has 2 aromatic heterocycles. The first-order chi connectivity index (χ1) is 13.8. The van der Waals surface area contributed by atoms with E-state index >= 15 is 0 Å². The van der Waals surface area contributed by atoms with Crippen molar-refractivity contribution in [1.82, 2.24) is 15.2 Å². The average molecular weight is 438 g/mol. The number of hydrogen-bond donors (Lipinski definition) is 2. The summed E-state index contributed by atoms with van der Waals surface area (Å²) >= 11 is 11.7. The van der Waals surface area contributed by atoms with Crippen LogP contribution in [0.1, 0.15) is 27.6 Å². The molecule has 29 heavy (non-hydrogen) atoms. The van der Waals surface area contributed by atoms with Crippen LogP contribution in [0.2, 0.25) is 10.0 Å². The fraction of sp³-hybridized carbons (Fsp3) is 0.118. The number of furan rings is 1. The van der Waals surface area contributed by atoms with Crippen molar-refractivity contribution in [2.45, 2.75) is 13.5 Å². The zero-order valence-corrected chi connectivity index (χ0v) is 16.3. The van der Waals surface area contributed by atoms with Crippen LogP contribution in [0.4, 0.5) is 5.82 Å². The maximum atomic E-state index is 12.1. The number of nitrogens with one attached hydrogen (secondary N) is 1. The highest BCUT2D eigenvalue weighted by Gasteiger charge is 2.24. The minimum atomic E-state index is -0.678. The summed E-state index contributed by atoms with van der Waals surface area (Å²) < 4.78 is 6.74. The number of aromatic nitrogens is 2. The SMILES string of the molecule is Cc1c(Cl)c([N+](=O)[O-])nn1Cc1ccc(C(=O)N/N=C/c2cc(Cl)ccc2O)o1. The van der Waals surface area contributed by atoms with Gasteiger partial charge in [-0.2, -0.15) is 9.78 Å². The van der Waals surface area contributed by atoms with Gasteiger partial charge in [0, 0.05) is 10.6 Å². The van der Waals surface area contributed by atoms with E-state index in [1.54, 1.807) is 6.92 Å². The number of nitrogens with zero attached hydrogens (tertiary/aromatic N) is 4. The molecule has 0 bridgehead atoms. The second kappa shape index (κ2) is 8.33. The first-order valence-corrected chi connectivity index (χ1v) is 8.79. The highest BCUT2D eigenvalue weighted by Crippen LogP contribution is 2.27. The van der Waals surface area contributed by atoms with E-state index in [0.29, 0.717) is 22.0 Å². The van der Waals surface area contributed by atoms with E-state index in [-0.39, 0.29) is 23.1 Å². The van der Waals surface area contributed by atoms with Gasteiger partial charge >= 0.3 is 11.7 Å². The van der Waals surface area contributed by atoms with Gasteiger partial charge in [0.25, 0.3) is 0 Å². The molecular weight excluding hydrogens is 425 g/mol. The van der Waals surface area contributed by atoms with Gasteiger partial charge in [0.05, 0.1) is 17.0 Å². The van der Waals surface area contributed by atoms with E-state index in [1.165, 1.54) is 41.2 Å². The number of carbonyl (C=O) groups excluding carboxylic acids is 1. The van der Waals surface area contributed by atoms with Crippen molar-refractivity contribution in [2.75, 3.05) is 0 Å². The molecule has 12 heteroatoms. The number of hydrazone groups is 1. The molecule has 0 radical (unpaired) electrons. The number of halogens is 2. The Hall–Kier alpha value is -3.37. The number of nitro groups is 1. The zero-order chi connectivity index (χ0) is 21.1. The molecule has 0 aliphatic carbocycles. The molecule has 3 rings (SSSR count). The van der Waals surface area contributed by atoms with Crippen molar-refractivity contribution in [1.29, 1.82) is 0 Å². The van der Waals surface area contributed by atoms with Crippen molar-refractivity contribution in [3.63, 3.8) is 0 Å². The van der Waals surface area contributed by atoms with E-state index in [2.05, 4.69) is 15.6 Å². The molecule has 0 atom stereocenters. The predicted octanol–water partition coefficient (Wildman–Crippen LogP) is 3.52. The van der Waals surface area contributed by atoms with Crippen LogP contribution < -0.4 is 5.43 Å². The van der Waals surface area contributed by atoms with E-state index in [0.717, 1.165) is 0 Å². The van der Waals surface area contributed by atoms with E-state index < -0.39 is 16.6 Å². The molecule has 150 valence electrons. The zero-order valence-electron chi connectivity index (χ0n) is 14.8. The molecule has 0 saturated carbocycles. The molecule has 0 aliphatic heterocycles. The minimum absolute atomic E-state index is 0.0297. The highest BCUT2D eigenvalue weighted by molar-refractivity contribution is 6.33. The van der Waals surface area contributed by atoms with Crippen LogP contribution in [0.25, 0.3) is 0 Å². The summed E-state index contributed by atoms with van der Waals surface area (Å²) in [5.41, 5.74) is 2.98. The van der Waals surface area contributed by atoms with Gasteiger partial charge in [-0.15, -0.1) is 0 Å². The number of carbonyl (C=O) groups is 1. The van der Waals surface area contributed by atoms with Gasteiger partial charge in [0.15, 0.2) is 10.8 Å². The fourth-order valence-electron chi connectivity index (χ4n) is 2.36. The molecule has 10 nitrogen and oxygen atoms in total. The maximum Gasteiger partial charge on any atom is 0.408 e. The van der Waals surface area contributed by atoms with E-state index in [9.17, 15) is 20.0 Å². The molecule has 2 heterocycles. The van der Waals surface area contributed by atoms with Crippen LogP contribution in [0.3, 0.4) is 0 Å². The van der Waals surface area contributed by atoms with Gasteiger partial charge in [-0.05, 0) is 42.2 Å². The molecule has 0 unspecified atom stereocenters. The van der Waals surface area contributed by atoms with Gasteiger partial charge in [0.1, 0.15) is 18.1 Å². The number of amides is 1. The van der Waals surface area contributed by atoms with Crippen molar-refractivity contribution in [3.8, 4) is 5.75 Å². The lowest BCUT2D eigenvalue weighted by atomic mass is 10.2. The largest absolute Gasteiger partial charge is 0.507 e. The fourth-order valence-corrected chi connectivity index (χ4v) is 2.74. The number of aromatic hydroxyl groups is 1. The van der Waals surface area contributed by atoms with Crippen molar-refractivity contribution in [3.05, 3.63) is 73.3 Å². The Morgan fingerprint density at radius 2 is 2.17 bits per heavy atom. The molecule has 0 spiro atoms. The number of hydrogen-bond acceptors (Lipinski definition) is 7. The summed E-state index contributed by atoms with van der Waals surface area (Å²) in [5, 5.41) is 28.5. The summed E-state index contributed by atoms with van der Waals surface area (Å²) in [6.07, 6.45) is 1.23. The summed E-state index contributed by atoms with van der Waals surface area (Å²) in [6.45, 7) is 1.63. The van der Waals surface area contributed by atoms with Crippen LogP contribution >= 0.6 is 23.2 Å². The number of benzene rings is 1. The van der Waals surface area contributed by atoms with Crippen LogP contribution in [-0.2, 0) is 6.54 Å². The Morgan fingerprint density at radius 1 is 1.41 bits per heavy atom. The third kappa shape index (κ3) is 4.55. The Morgan fingerprint density at radius 3 is 2.86 bits per heavy atom. The summed E-state index contributed by atoms with van der Waals surface area (Å²) in [6, 6.07) is 7.35. The Kier molecular flexibility index (Phi) is 5.85. The molecule has 2 N–H and O–H groups in total. The van der Waals surface area contributed by atoms with Crippen molar-refractivity contribution >= 4 is 41.1 Å². The number of phenolic OH excluding ortho intramolecular Hbond substituents is 1. The minimum Gasteiger partial charge on any atom is -0.507 e. The predicted molar refractivity (Wildman–Crippen MR) is 105 cm³/mol. The summed E-state index contributed by atoms with van der Waals surface area (Å²) in [5.74, 6) is -0.820. The number of rotatable bonds is 6. The van der Waals surface area contributed by atoms with Crippen molar-refractivity contribution in [2.24, 2.45) is 5.10 Å². The van der Waals surface area contributed by atoms with Gasteiger partial charge in [0.2, 0.25) is 0 Å². The van der Waals surface area contributed by atoms with Crippen LogP contribution in [0.15, 0.2) is 39.9 Å². The second-order valence-corrected chi connectivity index (χ2v) is 6.62. The smallest absolute Gasteiger partial charge is 0.408 e. The van der Waals surface area contributed by atoms with Crippen LogP contribution in [0.5, 0.6) is 5.75 Å². The Balaban J connectivity index is 1.67. The molecule has 1 amide bonds. The lowest BCUT2D eigenvalue weighted by molar-refractivity contribution is -0.389. The lowest BCUT2D eigenvalue weighted by Gasteiger charge is -2.00. The van der Waals surface area contributed by atoms with Gasteiger partial charge in [-0.25, -0.2) is 5.43 Å². The molecule has 0 saturated heterocycles. The molecule has 1 aromatic carbocycles. The average Bonchev–Trinajstić information content (AvgIpc) is 3.25. The number of phenols is 1. The van der Waals surface area contributed by atoms with Gasteiger partial charge < -0.3 is 19.6 Å².